The molecule has 0 radical (unpaired) electrons. The van der Waals surface area contributed by atoms with Crippen LogP contribution in [0.1, 0.15) is 73.8 Å². The molecule has 0 spiro atoms. The van der Waals surface area contributed by atoms with Crippen LogP contribution in [0.4, 0.5) is 10.5 Å². The van der Waals surface area contributed by atoms with Crippen LogP contribution in [-0.2, 0) is 23.9 Å². The van der Waals surface area contributed by atoms with Gasteiger partial charge in [0.05, 0.1) is 24.9 Å². The van der Waals surface area contributed by atoms with Crippen molar-refractivity contribution in [3.05, 3.63) is 36.4 Å². The molecule has 3 amide bonds. The Morgan fingerprint density at radius 3 is 2.37 bits per heavy atom. The molecular weight excluding hydrogens is 590 g/mol. The number of nitrogens with one attached hydrogen (secondary N) is 2. The number of ketones is 1. The van der Waals surface area contributed by atoms with E-state index in [-0.39, 0.29) is 30.8 Å². The third kappa shape index (κ3) is 7.15. The Kier molecular flexibility index (Phi) is 9.53. The van der Waals surface area contributed by atoms with Gasteiger partial charge in [0.2, 0.25) is 17.7 Å². The lowest BCUT2D eigenvalue weighted by Gasteiger charge is -2.36. The molecule has 2 N–H and O–H groups in total. The molecule has 2 fully saturated rings. The van der Waals surface area contributed by atoms with E-state index in [1.807, 2.05) is 57.8 Å². The number of likely N-dealkylation sites (tertiary alicyclic amines) is 1. The molecule has 0 bridgehead atoms. The summed E-state index contributed by atoms with van der Waals surface area (Å²) in [6.45, 7) is 17.9. The number of benzene rings is 1. The first-order valence-corrected chi connectivity index (χ1v) is 15.7. The van der Waals surface area contributed by atoms with Gasteiger partial charge in [0.15, 0.2) is 5.78 Å². The number of anilines is 1. The molecule has 1 aliphatic carbocycles. The van der Waals surface area contributed by atoms with E-state index >= 15 is 0 Å². The van der Waals surface area contributed by atoms with Gasteiger partial charge in [-0.1, -0.05) is 26.8 Å². The zero-order valence-electron chi connectivity index (χ0n) is 28.7. The molecule has 0 aromatic heterocycles. The summed E-state index contributed by atoms with van der Waals surface area (Å²) >= 11 is 0. The molecule has 1 aromatic carbocycles. The van der Waals surface area contributed by atoms with Crippen molar-refractivity contribution in [1.82, 2.24) is 15.5 Å². The van der Waals surface area contributed by atoms with Gasteiger partial charge in [-0.3, -0.25) is 14.4 Å². The zero-order valence-corrected chi connectivity index (χ0v) is 28.7. The van der Waals surface area contributed by atoms with Crippen molar-refractivity contribution in [1.29, 1.82) is 0 Å². The van der Waals surface area contributed by atoms with Crippen LogP contribution in [-0.4, -0.2) is 90.7 Å². The summed E-state index contributed by atoms with van der Waals surface area (Å²) in [4.78, 5) is 62.0. The number of ether oxygens (including phenoxy) is 3. The summed E-state index contributed by atoms with van der Waals surface area (Å²) in [5, 5.41) is 5.68. The van der Waals surface area contributed by atoms with E-state index in [0.29, 0.717) is 18.1 Å². The van der Waals surface area contributed by atoms with Crippen molar-refractivity contribution in [2.45, 2.75) is 104 Å². The number of hydrogen-bond acceptors (Lipinski definition) is 9. The van der Waals surface area contributed by atoms with Gasteiger partial charge in [-0.25, -0.2) is 9.79 Å². The lowest BCUT2D eigenvalue weighted by Crippen LogP contribution is -2.59. The fourth-order valence-electron chi connectivity index (χ4n) is 6.03. The van der Waals surface area contributed by atoms with E-state index in [1.54, 1.807) is 34.0 Å². The molecule has 1 saturated carbocycles. The standard InChI is InChI=1S/C34H49N5O7/c1-12-21-17-34(21,19(2)40)37-28(41)26-16-23(45-29-24-15-22(44-11)13-14-25(24)38(10)20(3)35-29)18-39(26)30(42)27(32(4,5)6)36-31(43)46-33(7,8)9/h12-15,20-21,23,26-27H,1,16-18H2,2-11H3,(H,36,43)(H,37,41)/t20?,21-,23-,26?,27?,34+/m1/s1. The minimum atomic E-state index is -1.05. The zero-order chi connectivity index (χ0) is 34.4. The molecule has 6 atom stereocenters. The first-order chi connectivity index (χ1) is 21.3. The van der Waals surface area contributed by atoms with Gasteiger partial charge in [-0.2, -0.15) is 0 Å². The lowest BCUT2D eigenvalue weighted by atomic mass is 9.85. The van der Waals surface area contributed by atoms with E-state index in [9.17, 15) is 19.2 Å². The SMILES string of the molecule is C=C[C@@H]1C[C@]1(NC(=O)C1C[C@@H](OC2=NC(C)N(C)c3ccc(OC)cc32)CN1C(=O)C(NC(=O)OC(C)(C)C)C(C)(C)C)C(C)=O. The maximum Gasteiger partial charge on any atom is 0.408 e. The fraction of sp³-hybridized carbons (Fsp3) is 0.618. The van der Waals surface area contributed by atoms with Gasteiger partial charge in [0.25, 0.3) is 0 Å². The van der Waals surface area contributed by atoms with Crippen LogP contribution in [0.3, 0.4) is 0 Å². The number of Topliss-reactive ketones (excluding diaryl/α,β-unsaturated/α-hetero) is 1. The van der Waals surface area contributed by atoms with Crippen molar-refractivity contribution in [3.63, 3.8) is 0 Å². The maximum absolute atomic E-state index is 14.3. The molecule has 1 aromatic rings. The highest BCUT2D eigenvalue weighted by Gasteiger charge is 2.59. The Morgan fingerprint density at radius 1 is 1.15 bits per heavy atom. The average Bonchev–Trinajstić information content (AvgIpc) is 3.52. The molecule has 12 nitrogen and oxygen atoms in total. The monoisotopic (exact) mass is 639 g/mol. The Labute approximate surface area is 271 Å². The number of carbonyl (C=O) groups excluding carboxylic acids is 4. The molecule has 12 heteroatoms. The molecule has 46 heavy (non-hydrogen) atoms. The first kappa shape index (κ1) is 34.8. The van der Waals surface area contributed by atoms with Crippen LogP contribution in [0.25, 0.3) is 0 Å². The molecule has 3 unspecified atom stereocenters. The van der Waals surface area contributed by atoms with E-state index in [1.165, 1.54) is 11.8 Å². The number of amides is 3. The van der Waals surface area contributed by atoms with E-state index in [4.69, 9.17) is 19.2 Å². The lowest BCUT2D eigenvalue weighted by molar-refractivity contribution is -0.142. The highest BCUT2D eigenvalue weighted by molar-refractivity contribution is 6.02. The minimum absolute atomic E-state index is 0.0556. The molecule has 1 saturated heterocycles. The first-order valence-electron chi connectivity index (χ1n) is 15.7. The highest BCUT2D eigenvalue weighted by atomic mass is 16.6. The Balaban J connectivity index is 1.66. The summed E-state index contributed by atoms with van der Waals surface area (Å²) in [6.07, 6.45) is 0.684. The predicted molar refractivity (Wildman–Crippen MR) is 175 cm³/mol. The van der Waals surface area contributed by atoms with Crippen molar-refractivity contribution < 1.29 is 33.4 Å². The topological polar surface area (TPSA) is 139 Å². The predicted octanol–water partition coefficient (Wildman–Crippen LogP) is 3.81. The summed E-state index contributed by atoms with van der Waals surface area (Å²) < 4.78 is 17.4. The van der Waals surface area contributed by atoms with E-state index in [0.717, 1.165) is 11.3 Å². The number of fused-ring (bicyclic) bond motifs is 1. The summed E-state index contributed by atoms with van der Waals surface area (Å²) in [5.74, 6) is -0.275. The number of aliphatic imine (C=N–C) groups is 1. The van der Waals surface area contributed by atoms with Gasteiger partial charge < -0.3 is 34.6 Å². The molecular formula is C34H49N5O7. The number of nitrogens with zero attached hydrogens (tertiary/aromatic N) is 3. The highest BCUT2D eigenvalue weighted by Crippen LogP contribution is 2.45. The van der Waals surface area contributed by atoms with Crippen molar-refractivity contribution >= 4 is 35.3 Å². The molecule has 4 rings (SSSR count). The van der Waals surface area contributed by atoms with Gasteiger partial charge in [0, 0.05) is 19.4 Å². The maximum atomic E-state index is 14.3. The minimum Gasteiger partial charge on any atom is -0.497 e. The molecule has 3 aliphatic rings. The number of carbonyl (C=O) groups is 4. The average molecular weight is 640 g/mol. The molecule has 2 heterocycles. The second kappa shape index (κ2) is 12.6. The van der Waals surface area contributed by atoms with Crippen LogP contribution in [0.2, 0.25) is 0 Å². The third-order valence-electron chi connectivity index (χ3n) is 8.85. The van der Waals surface area contributed by atoms with Crippen LogP contribution >= 0.6 is 0 Å². The summed E-state index contributed by atoms with van der Waals surface area (Å²) in [6, 6.07) is 3.65. The van der Waals surface area contributed by atoms with Gasteiger partial charge in [-0.05, 0) is 64.7 Å². The third-order valence-corrected chi connectivity index (χ3v) is 8.85. The quantitative estimate of drug-likeness (QED) is 0.410. The largest absolute Gasteiger partial charge is 0.497 e. The normalized spacial score (nSPS) is 26.3. The van der Waals surface area contributed by atoms with Crippen molar-refractivity contribution in [2.75, 3.05) is 25.6 Å². The fourth-order valence-corrected chi connectivity index (χ4v) is 6.03. The number of methoxy groups -OCH3 is 1. The second-order valence-electron chi connectivity index (χ2n) is 14.6. The smallest absolute Gasteiger partial charge is 0.408 e. The van der Waals surface area contributed by atoms with Crippen molar-refractivity contribution in [2.24, 2.45) is 16.3 Å². The van der Waals surface area contributed by atoms with Gasteiger partial charge in [-0.15, -0.1) is 6.58 Å². The van der Waals surface area contributed by atoms with Crippen molar-refractivity contribution in [3.8, 4) is 5.75 Å². The Morgan fingerprint density at radius 2 is 1.83 bits per heavy atom. The summed E-state index contributed by atoms with van der Waals surface area (Å²) in [5.41, 5.74) is -0.925. The number of alkyl carbamates (subject to hydrolysis) is 1. The number of rotatable bonds is 8. The summed E-state index contributed by atoms with van der Waals surface area (Å²) in [7, 11) is 3.52. The Bertz CT molecular complexity index is 1430. The van der Waals surface area contributed by atoms with Crippen LogP contribution in [0.15, 0.2) is 35.8 Å². The molecule has 2 aliphatic heterocycles. The van der Waals surface area contributed by atoms with Crippen LogP contribution < -0.4 is 20.3 Å². The van der Waals surface area contributed by atoms with Crippen LogP contribution in [0.5, 0.6) is 5.75 Å². The van der Waals surface area contributed by atoms with Gasteiger partial charge in [0.1, 0.15) is 41.2 Å². The Hall–Kier alpha value is -4.09. The second-order valence-corrected chi connectivity index (χ2v) is 14.6. The van der Waals surface area contributed by atoms with E-state index < -0.39 is 52.7 Å². The molecule has 252 valence electrons. The van der Waals surface area contributed by atoms with E-state index in [2.05, 4.69) is 17.2 Å². The number of hydrogen-bond donors (Lipinski definition) is 2. The van der Waals surface area contributed by atoms with Crippen LogP contribution in [0, 0.1) is 11.3 Å². The van der Waals surface area contributed by atoms with Gasteiger partial charge >= 0.3 is 6.09 Å².